The minimum Gasteiger partial charge on any atom is -0.494 e. The highest BCUT2D eigenvalue weighted by atomic mass is 35.5. The molecule has 0 fully saturated rings. The number of nitrogens with one attached hydrogen (secondary N) is 1. The molecule has 2 amide bonds. The number of rotatable bonds is 8. The van der Waals surface area contributed by atoms with E-state index in [2.05, 4.69) is 10.1 Å². The smallest absolute Gasteiger partial charge is 0.424 e. The second-order valence-electron chi connectivity index (χ2n) is 10.5. The van der Waals surface area contributed by atoms with Crippen LogP contribution < -0.4 is 20.5 Å². The van der Waals surface area contributed by atoms with E-state index in [-0.39, 0.29) is 43.8 Å². The van der Waals surface area contributed by atoms with Crippen LogP contribution in [0, 0.1) is 11.6 Å². The molecule has 2 aromatic heterocycles. The van der Waals surface area contributed by atoms with Gasteiger partial charge in [0.15, 0.2) is 11.6 Å². The second-order valence-corrected chi connectivity index (χ2v) is 10.9. The summed E-state index contributed by atoms with van der Waals surface area (Å²) in [6, 6.07) is 4.25. The van der Waals surface area contributed by atoms with Crippen LogP contribution in [0.5, 0.6) is 11.5 Å². The van der Waals surface area contributed by atoms with Crippen molar-refractivity contribution >= 4 is 34.3 Å². The molecule has 46 heavy (non-hydrogen) atoms. The van der Waals surface area contributed by atoms with Gasteiger partial charge in [-0.15, -0.1) is 0 Å². The molecule has 1 unspecified atom stereocenters. The minimum absolute atomic E-state index is 0.00302. The number of halogens is 8. The Morgan fingerprint density at radius 2 is 1.91 bits per heavy atom. The quantitative estimate of drug-likeness (QED) is 0.181. The van der Waals surface area contributed by atoms with Crippen LogP contribution in [0.3, 0.4) is 0 Å². The number of methoxy groups -OCH3 is 1. The SMILES string of the molecule is COc1cc(C(=O)NCC(O)(c2cc3c(c(-c4cc(F)c(F)c(Cl)c4)n2)OC[C@]3(C)C(N)=O)C(F)(F)F)cc2cn(C(F)F)nc12. The summed E-state index contributed by atoms with van der Waals surface area (Å²) >= 11 is 5.76. The maximum atomic E-state index is 14.7. The summed E-state index contributed by atoms with van der Waals surface area (Å²) in [5.41, 5.74) is -2.93. The van der Waals surface area contributed by atoms with Crippen molar-refractivity contribution in [3.8, 4) is 22.8 Å². The van der Waals surface area contributed by atoms with E-state index in [1.807, 2.05) is 5.32 Å². The Hall–Kier alpha value is -4.64. The number of alkyl halides is 5. The summed E-state index contributed by atoms with van der Waals surface area (Å²) in [5.74, 6) is -5.59. The zero-order chi connectivity index (χ0) is 33.9. The van der Waals surface area contributed by atoms with Crippen LogP contribution in [0.1, 0.15) is 35.1 Å². The molecule has 0 saturated heterocycles. The van der Waals surface area contributed by atoms with E-state index < -0.39 is 76.8 Å². The van der Waals surface area contributed by atoms with E-state index in [4.69, 9.17) is 26.8 Å². The first-order valence-corrected chi connectivity index (χ1v) is 13.3. The Bertz CT molecular complexity index is 1880. The van der Waals surface area contributed by atoms with Gasteiger partial charge < -0.3 is 25.6 Å². The maximum Gasteiger partial charge on any atom is 0.424 e. The molecule has 18 heteroatoms. The van der Waals surface area contributed by atoms with Gasteiger partial charge in [-0.3, -0.25) is 9.59 Å². The number of amides is 2. The second kappa shape index (κ2) is 11.3. The average molecular weight is 676 g/mol. The number of hydrogen-bond acceptors (Lipinski definition) is 7. The summed E-state index contributed by atoms with van der Waals surface area (Å²) in [7, 11) is 1.15. The van der Waals surface area contributed by atoms with Crippen molar-refractivity contribution in [2.45, 2.75) is 30.7 Å². The first-order chi connectivity index (χ1) is 21.4. The third-order valence-electron chi connectivity index (χ3n) is 7.54. The van der Waals surface area contributed by atoms with Gasteiger partial charge in [0, 0.05) is 28.3 Å². The molecule has 0 bridgehead atoms. The van der Waals surface area contributed by atoms with Crippen molar-refractivity contribution in [3.63, 3.8) is 0 Å². The number of hydrogen-bond donors (Lipinski definition) is 3. The molecule has 1 aliphatic heterocycles. The van der Waals surface area contributed by atoms with E-state index in [0.29, 0.717) is 12.1 Å². The van der Waals surface area contributed by atoms with Crippen LogP contribution in [0.15, 0.2) is 36.5 Å². The third kappa shape index (κ3) is 5.32. The van der Waals surface area contributed by atoms with Crippen molar-refractivity contribution in [3.05, 3.63) is 70.0 Å². The first-order valence-electron chi connectivity index (χ1n) is 13.0. The molecule has 3 heterocycles. The largest absolute Gasteiger partial charge is 0.494 e. The Labute approximate surface area is 258 Å². The fourth-order valence-electron chi connectivity index (χ4n) is 4.84. The lowest BCUT2D eigenvalue weighted by Crippen LogP contribution is -2.51. The first kappa shape index (κ1) is 32.7. The van der Waals surface area contributed by atoms with Crippen molar-refractivity contribution in [2.75, 3.05) is 20.3 Å². The highest BCUT2D eigenvalue weighted by Gasteiger charge is 2.57. The zero-order valence-corrected chi connectivity index (χ0v) is 24.2. The number of aliphatic hydroxyl groups is 1. The van der Waals surface area contributed by atoms with Gasteiger partial charge in [-0.2, -0.15) is 27.1 Å². The van der Waals surface area contributed by atoms with Crippen LogP contribution in [0.25, 0.3) is 22.2 Å². The van der Waals surface area contributed by atoms with Crippen LogP contribution in [0.2, 0.25) is 5.02 Å². The van der Waals surface area contributed by atoms with Crippen molar-refractivity contribution < 1.29 is 54.9 Å². The predicted octanol–water partition coefficient (Wildman–Crippen LogP) is 4.75. The number of ether oxygens (including phenoxy) is 2. The van der Waals surface area contributed by atoms with Gasteiger partial charge in [0.1, 0.15) is 34.7 Å². The molecule has 1 aliphatic rings. The van der Waals surface area contributed by atoms with Crippen molar-refractivity contribution in [1.82, 2.24) is 20.1 Å². The summed E-state index contributed by atoms with van der Waals surface area (Å²) in [6.45, 7) is -3.82. The summed E-state index contributed by atoms with van der Waals surface area (Å²) in [6.07, 6.45) is -4.66. The third-order valence-corrected chi connectivity index (χ3v) is 7.82. The minimum atomic E-state index is -5.55. The molecule has 0 radical (unpaired) electrons. The molecular formula is C28H21ClF7N5O5. The summed E-state index contributed by atoms with van der Waals surface area (Å²) in [4.78, 5) is 29.3. The Balaban J connectivity index is 1.61. The summed E-state index contributed by atoms with van der Waals surface area (Å²) in [5, 5.41) is 16.0. The van der Waals surface area contributed by atoms with Gasteiger partial charge in [-0.1, -0.05) is 11.6 Å². The summed E-state index contributed by atoms with van der Waals surface area (Å²) < 4.78 is 110. The van der Waals surface area contributed by atoms with Crippen molar-refractivity contribution in [1.29, 1.82) is 0 Å². The number of carbonyl (C=O) groups excluding carboxylic acids is 2. The standard InChI is InChI=1S/C28H21ClF7N5O5/c1-26(24(37)43)10-46-22-14(26)7-18(39-21(22)11-4-15(29)19(31)16(30)5-11)27(44,28(34,35)36)9-38-23(42)12-3-13-8-41(25(32)33)40-20(13)17(6-12)45-2/h3-8,25,44H,9-10H2,1-2H3,(H2,37,43)(H,38,42)/t26-,27?/m0/s1. The number of pyridine rings is 1. The molecule has 2 atom stereocenters. The Kier molecular flexibility index (Phi) is 8.05. The van der Waals surface area contributed by atoms with Gasteiger partial charge in [0.05, 0.1) is 24.4 Å². The number of aromatic nitrogens is 3. The molecule has 0 saturated carbocycles. The van der Waals surface area contributed by atoms with Crippen LogP contribution >= 0.6 is 11.6 Å². The molecule has 2 aromatic carbocycles. The monoisotopic (exact) mass is 675 g/mol. The topological polar surface area (TPSA) is 142 Å². The highest BCUT2D eigenvalue weighted by Crippen LogP contribution is 2.48. The van der Waals surface area contributed by atoms with Gasteiger partial charge in [-0.25, -0.2) is 18.4 Å². The lowest BCUT2D eigenvalue weighted by molar-refractivity contribution is -0.265. The fraction of sp³-hybridized carbons (Fsp3) is 0.286. The Morgan fingerprint density at radius 3 is 2.50 bits per heavy atom. The lowest BCUT2D eigenvalue weighted by atomic mass is 9.81. The van der Waals surface area contributed by atoms with Gasteiger partial charge in [0.25, 0.3) is 5.91 Å². The lowest BCUT2D eigenvalue weighted by Gasteiger charge is -2.31. The van der Waals surface area contributed by atoms with Crippen LogP contribution in [-0.2, 0) is 15.8 Å². The van der Waals surface area contributed by atoms with Crippen LogP contribution in [-0.4, -0.2) is 58.1 Å². The molecule has 244 valence electrons. The highest BCUT2D eigenvalue weighted by molar-refractivity contribution is 6.31. The van der Waals surface area contributed by atoms with E-state index in [1.54, 1.807) is 0 Å². The molecule has 4 N–H and O–H groups in total. The predicted molar refractivity (Wildman–Crippen MR) is 146 cm³/mol. The fourth-order valence-corrected chi connectivity index (χ4v) is 5.05. The van der Waals surface area contributed by atoms with Gasteiger partial charge in [-0.05, 0) is 37.3 Å². The maximum absolute atomic E-state index is 14.7. The number of benzene rings is 2. The number of fused-ring (bicyclic) bond motifs is 2. The van der Waals surface area contributed by atoms with E-state index in [9.17, 15) is 45.4 Å². The van der Waals surface area contributed by atoms with E-state index in [0.717, 1.165) is 31.5 Å². The van der Waals surface area contributed by atoms with Gasteiger partial charge in [0.2, 0.25) is 11.5 Å². The molecular weight excluding hydrogens is 655 g/mol. The van der Waals surface area contributed by atoms with E-state index in [1.165, 1.54) is 6.92 Å². The molecule has 5 rings (SSSR count). The zero-order valence-electron chi connectivity index (χ0n) is 23.5. The molecule has 10 nitrogen and oxygen atoms in total. The van der Waals surface area contributed by atoms with Gasteiger partial charge >= 0.3 is 12.7 Å². The molecule has 0 aliphatic carbocycles. The number of nitrogens with two attached hydrogens (primary N) is 1. The van der Waals surface area contributed by atoms with E-state index >= 15 is 0 Å². The molecule has 4 aromatic rings. The number of nitrogens with zero attached hydrogens (tertiary/aromatic N) is 3. The number of primary amides is 1. The molecule has 0 spiro atoms. The number of carbonyl (C=O) groups is 2. The van der Waals surface area contributed by atoms with Crippen LogP contribution in [0.4, 0.5) is 30.7 Å². The normalized spacial score (nSPS) is 17.5. The average Bonchev–Trinajstić information content (AvgIpc) is 3.59. The Morgan fingerprint density at radius 1 is 1.22 bits per heavy atom. The van der Waals surface area contributed by atoms with Crippen molar-refractivity contribution in [2.24, 2.45) is 5.73 Å².